The van der Waals surface area contributed by atoms with E-state index in [0.29, 0.717) is 38.5 Å². The SMILES string of the molecule is CN(C)[C@H](Cc1ccccc1)C(=O)N1CCC[C@H]1C(=O)N(C(=O)OCc1ccccc1)[C@H](C=O)CCCN=C(N)N. The van der Waals surface area contributed by atoms with E-state index in [2.05, 4.69) is 4.99 Å². The molecule has 0 aromatic heterocycles. The normalized spacial score (nSPS) is 16.1. The molecule has 1 aliphatic heterocycles. The molecule has 11 heteroatoms. The van der Waals surface area contributed by atoms with Crippen LogP contribution in [0.5, 0.6) is 0 Å². The third-order valence-corrected chi connectivity index (χ3v) is 7.08. The van der Waals surface area contributed by atoms with Crippen LogP contribution in [0.25, 0.3) is 0 Å². The first-order chi connectivity index (χ1) is 19.7. The van der Waals surface area contributed by atoms with Gasteiger partial charge in [0.1, 0.15) is 18.9 Å². The lowest BCUT2D eigenvalue weighted by atomic mass is 10.0. The minimum absolute atomic E-state index is 0.0733. The third kappa shape index (κ3) is 8.87. The molecule has 2 aromatic rings. The van der Waals surface area contributed by atoms with Crippen molar-refractivity contribution >= 4 is 30.2 Å². The van der Waals surface area contributed by atoms with Crippen LogP contribution >= 0.6 is 0 Å². The van der Waals surface area contributed by atoms with Crippen LogP contribution in [0.15, 0.2) is 65.7 Å². The van der Waals surface area contributed by atoms with Gasteiger partial charge in [-0.15, -0.1) is 0 Å². The summed E-state index contributed by atoms with van der Waals surface area (Å²) in [6.07, 6.45) is 1.54. The second kappa shape index (κ2) is 15.5. The molecule has 0 aliphatic carbocycles. The van der Waals surface area contributed by atoms with Crippen molar-refractivity contribution in [1.29, 1.82) is 0 Å². The molecule has 11 nitrogen and oxygen atoms in total. The first-order valence-electron chi connectivity index (χ1n) is 13.8. The zero-order valence-corrected chi connectivity index (χ0v) is 23.7. The molecule has 0 radical (unpaired) electrons. The number of likely N-dealkylation sites (tertiary alicyclic amines) is 1. The van der Waals surface area contributed by atoms with Crippen LogP contribution in [0, 0.1) is 0 Å². The number of imide groups is 1. The molecule has 3 rings (SSSR count). The van der Waals surface area contributed by atoms with E-state index < -0.39 is 30.1 Å². The van der Waals surface area contributed by atoms with E-state index in [1.807, 2.05) is 67.5 Å². The second-order valence-electron chi connectivity index (χ2n) is 10.3. The van der Waals surface area contributed by atoms with Crippen molar-refractivity contribution in [3.63, 3.8) is 0 Å². The predicted octanol–water partition coefficient (Wildman–Crippen LogP) is 1.94. The van der Waals surface area contributed by atoms with Gasteiger partial charge in [-0.3, -0.25) is 19.5 Å². The summed E-state index contributed by atoms with van der Waals surface area (Å²) in [5, 5.41) is 0. The van der Waals surface area contributed by atoms with Gasteiger partial charge in [0.05, 0.1) is 12.1 Å². The maximum Gasteiger partial charge on any atom is 0.417 e. The molecule has 1 saturated heterocycles. The molecule has 0 bridgehead atoms. The highest BCUT2D eigenvalue weighted by molar-refractivity contribution is 6.00. The van der Waals surface area contributed by atoms with Gasteiger partial charge in [-0.05, 0) is 57.3 Å². The maximum atomic E-state index is 14.0. The number of nitrogens with zero attached hydrogens (tertiary/aromatic N) is 4. The zero-order valence-electron chi connectivity index (χ0n) is 23.7. The van der Waals surface area contributed by atoms with Gasteiger partial charge in [-0.1, -0.05) is 60.7 Å². The number of carbonyl (C=O) groups excluding carboxylic acids is 4. The Balaban J connectivity index is 1.83. The summed E-state index contributed by atoms with van der Waals surface area (Å²) < 4.78 is 5.49. The molecule has 0 spiro atoms. The topological polar surface area (TPSA) is 152 Å². The Labute approximate surface area is 241 Å². The summed E-state index contributed by atoms with van der Waals surface area (Å²) in [6, 6.07) is 16.2. The van der Waals surface area contributed by atoms with Crippen LogP contribution in [-0.4, -0.2) is 90.2 Å². The Kier molecular flexibility index (Phi) is 11.8. The summed E-state index contributed by atoms with van der Waals surface area (Å²) in [6.45, 7) is 0.527. The summed E-state index contributed by atoms with van der Waals surface area (Å²) >= 11 is 0. The summed E-state index contributed by atoms with van der Waals surface area (Å²) in [4.78, 5) is 61.5. The molecule has 0 unspecified atom stereocenters. The fourth-order valence-electron chi connectivity index (χ4n) is 4.91. The maximum absolute atomic E-state index is 14.0. The summed E-state index contributed by atoms with van der Waals surface area (Å²) in [7, 11) is 3.65. The van der Waals surface area contributed by atoms with Gasteiger partial charge in [0.15, 0.2) is 5.96 Å². The highest BCUT2D eigenvalue weighted by atomic mass is 16.6. The minimum atomic E-state index is -1.11. The van der Waals surface area contributed by atoms with Crippen LogP contribution in [0.4, 0.5) is 4.79 Å². The third-order valence-electron chi connectivity index (χ3n) is 7.08. The van der Waals surface area contributed by atoms with Crippen molar-refractivity contribution in [2.75, 3.05) is 27.2 Å². The van der Waals surface area contributed by atoms with Crippen molar-refractivity contribution in [2.45, 2.75) is 56.8 Å². The van der Waals surface area contributed by atoms with Crippen molar-refractivity contribution in [1.82, 2.24) is 14.7 Å². The van der Waals surface area contributed by atoms with Crippen LogP contribution in [0.1, 0.15) is 36.8 Å². The van der Waals surface area contributed by atoms with Crippen LogP contribution in [0.3, 0.4) is 0 Å². The second-order valence-corrected chi connectivity index (χ2v) is 10.3. The van der Waals surface area contributed by atoms with E-state index >= 15 is 0 Å². The summed E-state index contributed by atoms with van der Waals surface area (Å²) in [5.74, 6) is -0.929. The molecule has 3 amide bonds. The first-order valence-corrected chi connectivity index (χ1v) is 13.8. The number of ether oxygens (including phenoxy) is 1. The molecule has 4 N–H and O–H groups in total. The Morgan fingerprint density at radius 2 is 1.68 bits per heavy atom. The zero-order chi connectivity index (χ0) is 29.8. The number of aldehydes is 1. The number of aliphatic imine (C=N–C) groups is 1. The molecule has 3 atom stereocenters. The van der Waals surface area contributed by atoms with Crippen LogP contribution in [0.2, 0.25) is 0 Å². The van der Waals surface area contributed by atoms with Gasteiger partial charge in [-0.2, -0.15) is 0 Å². The molecule has 1 aliphatic rings. The molecule has 41 heavy (non-hydrogen) atoms. The van der Waals surface area contributed by atoms with E-state index in [1.165, 1.54) is 4.90 Å². The first kappa shape index (κ1) is 31.3. The Morgan fingerprint density at radius 1 is 1.05 bits per heavy atom. The van der Waals surface area contributed by atoms with Crippen LogP contribution < -0.4 is 11.5 Å². The van der Waals surface area contributed by atoms with Gasteiger partial charge in [0.2, 0.25) is 5.91 Å². The van der Waals surface area contributed by atoms with Gasteiger partial charge in [0.25, 0.3) is 5.91 Å². The van der Waals surface area contributed by atoms with Gasteiger partial charge >= 0.3 is 6.09 Å². The number of guanidine groups is 1. The smallest absolute Gasteiger partial charge is 0.417 e. The monoisotopic (exact) mass is 564 g/mol. The number of nitrogens with two attached hydrogens (primary N) is 2. The molecule has 0 saturated carbocycles. The quantitative estimate of drug-likeness (QED) is 0.162. The highest BCUT2D eigenvalue weighted by Crippen LogP contribution is 2.24. The van der Waals surface area contributed by atoms with E-state index in [4.69, 9.17) is 16.2 Å². The molecule has 220 valence electrons. The van der Waals surface area contributed by atoms with Gasteiger partial charge in [-0.25, -0.2) is 9.69 Å². The molecule has 1 heterocycles. The van der Waals surface area contributed by atoms with Gasteiger partial charge in [0, 0.05) is 13.1 Å². The van der Waals surface area contributed by atoms with Crippen LogP contribution in [-0.2, 0) is 32.1 Å². The molecule has 1 fully saturated rings. The van der Waals surface area contributed by atoms with Crippen molar-refractivity contribution in [2.24, 2.45) is 16.5 Å². The summed E-state index contributed by atoms with van der Waals surface area (Å²) in [5.41, 5.74) is 12.5. The van der Waals surface area contributed by atoms with E-state index in [-0.39, 0.29) is 31.4 Å². The molecular weight excluding hydrogens is 524 g/mol. The fourth-order valence-corrected chi connectivity index (χ4v) is 4.91. The van der Waals surface area contributed by atoms with Crippen molar-refractivity contribution < 1.29 is 23.9 Å². The Hall–Kier alpha value is -4.25. The number of rotatable bonds is 13. The Morgan fingerprint density at radius 3 is 2.27 bits per heavy atom. The van der Waals surface area contributed by atoms with Crippen molar-refractivity contribution in [3.8, 4) is 0 Å². The number of hydrogen-bond donors (Lipinski definition) is 2. The average Bonchev–Trinajstić information content (AvgIpc) is 3.47. The number of likely N-dealkylation sites (N-methyl/N-ethyl adjacent to an activating group) is 1. The van der Waals surface area contributed by atoms with E-state index in [1.54, 1.807) is 12.1 Å². The Bertz CT molecular complexity index is 1190. The lowest BCUT2D eigenvalue weighted by Crippen LogP contribution is -2.56. The lowest BCUT2D eigenvalue weighted by Gasteiger charge is -2.34. The largest absolute Gasteiger partial charge is 0.444 e. The number of benzene rings is 2. The number of amides is 3. The minimum Gasteiger partial charge on any atom is -0.444 e. The standard InChI is InChI=1S/C30H40N6O5/c1-34(2)26(19-22-11-5-3-6-12-22)27(38)35-18-10-16-25(35)28(39)36(24(20-37)15-9-17-33-29(31)32)30(40)41-21-23-13-7-4-8-14-23/h3-8,11-14,20,24-26H,9-10,15-19,21H2,1-2H3,(H4,31,32,33)/t24-,25-,26+/m0/s1. The van der Waals surface area contributed by atoms with Gasteiger partial charge < -0.3 is 25.9 Å². The fraction of sp³-hybridized carbons (Fsp3) is 0.433. The van der Waals surface area contributed by atoms with E-state index in [9.17, 15) is 19.2 Å². The van der Waals surface area contributed by atoms with E-state index in [0.717, 1.165) is 16.0 Å². The van der Waals surface area contributed by atoms with Crippen molar-refractivity contribution in [3.05, 3.63) is 71.8 Å². The average molecular weight is 565 g/mol. The number of carbonyl (C=O) groups is 4. The lowest BCUT2D eigenvalue weighted by molar-refractivity contribution is -0.147. The molecule has 2 aromatic carbocycles. The highest BCUT2D eigenvalue weighted by Gasteiger charge is 2.43. The molecular formula is C30H40N6O5. The predicted molar refractivity (Wildman–Crippen MR) is 156 cm³/mol. The number of hydrogen-bond acceptors (Lipinski definition) is 7.